The average molecular weight is 267 g/mol. The molecule has 6 nitrogen and oxygen atoms in total. The molecule has 2 heterocycles. The lowest BCUT2D eigenvalue weighted by Crippen LogP contribution is -2.21. The molecule has 0 bridgehead atoms. The predicted octanol–water partition coefficient (Wildman–Crippen LogP) is 1.03. The van der Waals surface area contributed by atoms with Crippen LogP contribution in [-0.2, 0) is 14.4 Å². The molecule has 0 saturated carbocycles. The van der Waals surface area contributed by atoms with Gasteiger partial charge in [0.1, 0.15) is 11.8 Å². The van der Waals surface area contributed by atoms with Gasteiger partial charge in [-0.15, -0.1) is 0 Å². The van der Waals surface area contributed by atoms with Crippen LogP contribution in [0.25, 0.3) is 0 Å². The van der Waals surface area contributed by atoms with E-state index in [1.165, 1.54) is 0 Å². The largest absolute Gasteiger partial charge is 0.461 e. The molecule has 0 saturated heterocycles. The van der Waals surface area contributed by atoms with Crippen molar-refractivity contribution < 1.29 is 14.4 Å². The smallest absolute Gasteiger partial charge is 0.356 e. The quantitative estimate of drug-likeness (QED) is 0.743. The summed E-state index contributed by atoms with van der Waals surface area (Å²) in [6, 6.07) is 0.173. The van der Waals surface area contributed by atoms with E-state index in [0.717, 1.165) is 37.9 Å². The fraction of sp³-hybridized carbons (Fsp3) is 0.692. The Hall–Kier alpha value is -1.56. The van der Waals surface area contributed by atoms with E-state index in [4.69, 9.17) is 15.3 Å². The first kappa shape index (κ1) is 13.9. The summed E-state index contributed by atoms with van der Waals surface area (Å²) < 4.78 is 4.90. The molecular formula is C13H21N3O3. The Balaban J connectivity index is 1.90. The highest BCUT2D eigenvalue weighted by atomic mass is 16.7. The number of nitrogens with one attached hydrogen (secondary N) is 1. The van der Waals surface area contributed by atoms with Gasteiger partial charge in [-0.3, -0.25) is 15.3 Å². The molecule has 0 amide bonds. The normalized spacial score (nSPS) is 27.0. The summed E-state index contributed by atoms with van der Waals surface area (Å²) in [5.41, 5.74) is 8.81. The van der Waals surface area contributed by atoms with E-state index in [2.05, 4.69) is 10.5 Å². The van der Waals surface area contributed by atoms with Crippen LogP contribution >= 0.6 is 0 Å². The van der Waals surface area contributed by atoms with Crippen LogP contribution in [0.1, 0.15) is 39.0 Å². The molecule has 2 atom stereocenters. The summed E-state index contributed by atoms with van der Waals surface area (Å²) in [7, 11) is 0. The number of carbonyl (C=O) groups excluding carboxylic acids is 1. The molecule has 2 rings (SSSR count). The minimum Gasteiger partial charge on any atom is -0.461 e. The molecule has 0 aliphatic carbocycles. The fourth-order valence-electron chi connectivity index (χ4n) is 2.32. The van der Waals surface area contributed by atoms with Crippen LogP contribution in [0.3, 0.4) is 0 Å². The van der Waals surface area contributed by atoms with Crippen LogP contribution in [0.5, 0.6) is 0 Å². The lowest BCUT2D eigenvalue weighted by molar-refractivity contribution is -0.140. The van der Waals surface area contributed by atoms with E-state index >= 15 is 0 Å². The number of nitrogens with two attached hydrogens (primary N) is 1. The summed E-state index contributed by atoms with van der Waals surface area (Å²) in [5.74, 6) is 0.344. The zero-order valence-corrected chi connectivity index (χ0v) is 11.2. The SMILES string of the molecule is CCOC(=O)C1=CC(CC2CCCCC(N)=N2)ON1. The third kappa shape index (κ3) is 3.96. The van der Waals surface area contributed by atoms with Gasteiger partial charge in [-0.1, -0.05) is 6.42 Å². The van der Waals surface area contributed by atoms with Crippen LogP contribution in [0, 0.1) is 0 Å². The van der Waals surface area contributed by atoms with Crippen molar-refractivity contribution in [1.29, 1.82) is 0 Å². The highest BCUT2D eigenvalue weighted by Gasteiger charge is 2.25. The number of nitrogens with zero attached hydrogens (tertiary/aromatic N) is 1. The van der Waals surface area contributed by atoms with Gasteiger partial charge in [0.05, 0.1) is 18.5 Å². The van der Waals surface area contributed by atoms with Gasteiger partial charge in [-0.25, -0.2) is 4.79 Å². The predicted molar refractivity (Wildman–Crippen MR) is 71.2 cm³/mol. The number of hydrogen-bond acceptors (Lipinski definition) is 6. The van der Waals surface area contributed by atoms with Gasteiger partial charge in [0, 0.05) is 12.8 Å². The third-order valence-electron chi connectivity index (χ3n) is 3.24. The number of aliphatic imine (C=N–C) groups is 1. The molecule has 19 heavy (non-hydrogen) atoms. The Morgan fingerprint density at radius 3 is 3.26 bits per heavy atom. The maximum absolute atomic E-state index is 11.5. The molecule has 0 aromatic carbocycles. The van der Waals surface area contributed by atoms with Crippen molar-refractivity contribution in [2.24, 2.45) is 10.7 Å². The zero-order chi connectivity index (χ0) is 13.7. The highest BCUT2D eigenvalue weighted by molar-refractivity contribution is 5.88. The minimum absolute atomic E-state index is 0.154. The lowest BCUT2D eigenvalue weighted by Gasteiger charge is -2.13. The summed E-state index contributed by atoms with van der Waals surface area (Å²) >= 11 is 0. The molecule has 2 unspecified atom stereocenters. The van der Waals surface area contributed by atoms with Crippen molar-refractivity contribution in [3.05, 3.63) is 11.8 Å². The number of hydrogen-bond donors (Lipinski definition) is 2. The van der Waals surface area contributed by atoms with Crippen molar-refractivity contribution >= 4 is 11.8 Å². The van der Waals surface area contributed by atoms with Crippen molar-refractivity contribution in [2.75, 3.05) is 6.61 Å². The molecule has 106 valence electrons. The van der Waals surface area contributed by atoms with Crippen LogP contribution in [0.2, 0.25) is 0 Å². The Kier molecular flexibility index (Phi) is 4.79. The summed E-state index contributed by atoms with van der Waals surface area (Å²) in [4.78, 5) is 21.4. The van der Waals surface area contributed by atoms with E-state index in [0.29, 0.717) is 12.3 Å². The first-order valence-corrected chi connectivity index (χ1v) is 6.81. The number of esters is 1. The number of ether oxygens (including phenoxy) is 1. The molecule has 0 aromatic heterocycles. The zero-order valence-electron chi connectivity index (χ0n) is 11.2. The molecule has 0 aromatic rings. The Labute approximate surface area is 113 Å². The summed E-state index contributed by atoms with van der Waals surface area (Å²) in [6.07, 6.45) is 6.46. The molecule has 3 N–H and O–H groups in total. The van der Waals surface area contributed by atoms with Gasteiger partial charge in [0.15, 0.2) is 0 Å². The topological polar surface area (TPSA) is 85.9 Å². The number of hydroxylamine groups is 1. The van der Waals surface area contributed by atoms with Crippen LogP contribution < -0.4 is 11.2 Å². The first-order valence-electron chi connectivity index (χ1n) is 6.81. The molecule has 0 fully saturated rings. The second kappa shape index (κ2) is 6.56. The second-order valence-electron chi connectivity index (χ2n) is 4.81. The van der Waals surface area contributed by atoms with Crippen LogP contribution in [-0.4, -0.2) is 30.6 Å². The Morgan fingerprint density at radius 2 is 2.47 bits per heavy atom. The van der Waals surface area contributed by atoms with Gasteiger partial charge < -0.3 is 10.5 Å². The van der Waals surface area contributed by atoms with Crippen molar-refractivity contribution in [1.82, 2.24) is 5.48 Å². The lowest BCUT2D eigenvalue weighted by atomic mass is 10.0. The van der Waals surface area contributed by atoms with Crippen molar-refractivity contribution in [2.45, 2.75) is 51.2 Å². The number of rotatable bonds is 4. The van der Waals surface area contributed by atoms with Crippen LogP contribution in [0.4, 0.5) is 0 Å². The minimum atomic E-state index is -0.381. The standard InChI is InChI=1S/C13H21N3O3/c1-2-18-13(17)11-8-10(19-16-11)7-9-5-3-4-6-12(14)15-9/h8-10,16H,2-7H2,1H3,(H2,14,15). The van der Waals surface area contributed by atoms with Gasteiger partial charge in [-0.2, -0.15) is 0 Å². The summed E-state index contributed by atoms with van der Waals surface area (Å²) in [6.45, 7) is 2.13. The Morgan fingerprint density at radius 1 is 1.63 bits per heavy atom. The van der Waals surface area contributed by atoms with E-state index in [1.807, 2.05) is 0 Å². The molecular weight excluding hydrogens is 246 g/mol. The average Bonchev–Trinajstić information content (AvgIpc) is 2.73. The van der Waals surface area contributed by atoms with Crippen molar-refractivity contribution in [3.8, 4) is 0 Å². The maximum Gasteiger partial charge on any atom is 0.356 e. The van der Waals surface area contributed by atoms with E-state index < -0.39 is 0 Å². The Bertz CT molecular complexity index is 393. The molecule has 0 radical (unpaired) electrons. The van der Waals surface area contributed by atoms with Gasteiger partial charge in [0.2, 0.25) is 0 Å². The molecule has 0 spiro atoms. The summed E-state index contributed by atoms with van der Waals surface area (Å²) in [5, 5.41) is 0. The highest BCUT2D eigenvalue weighted by Crippen LogP contribution is 2.20. The van der Waals surface area contributed by atoms with Gasteiger partial charge >= 0.3 is 5.97 Å². The molecule has 2 aliphatic rings. The molecule has 6 heteroatoms. The third-order valence-corrected chi connectivity index (χ3v) is 3.24. The number of amidine groups is 1. The number of carbonyl (C=O) groups is 1. The fourth-order valence-corrected chi connectivity index (χ4v) is 2.32. The second-order valence-corrected chi connectivity index (χ2v) is 4.81. The first-order chi connectivity index (χ1) is 9.19. The van der Waals surface area contributed by atoms with E-state index in [-0.39, 0.29) is 18.1 Å². The van der Waals surface area contributed by atoms with Gasteiger partial charge in [-0.05, 0) is 25.8 Å². The van der Waals surface area contributed by atoms with Crippen molar-refractivity contribution in [3.63, 3.8) is 0 Å². The van der Waals surface area contributed by atoms with E-state index in [9.17, 15) is 4.79 Å². The van der Waals surface area contributed by atoms with E-state index in [1.54, 1.807) is 13.0 Å². The monoisotopic (exact) mass is 267 g/mol. The molecule has 2 aliphatic heterocycles. The maximum atomic E-state index is 11.5. The van der Waals surface area contributed by atoms with Gasteiger partial charge in [0.25, 0.3) is 0 Å². The van der Waals surface area contributed by atoms with Crippen LogP contribution in [0.15, 0.2) is 16.8 Å².